The summed E-state index contributed by atoms with van der Waals surface area (Å²) in [6.07, 6.45) is -3.48. The lowest BCUT2D eigenvalue weighted by atomic mass is 9.95. The van der Waals surface area contributed by atoms with Crippen LogP contribution in [0.5, 0.6) is 0 Å². The molecule has 108 valence electrons. The van der Waals surface area contributed by atoms with Crippen LogP contribution in [0.15, 0.2) is 6.20 Å². The molecule has 0 spiro atoms. The second-order valence-electron chi connectivity index (χ2n) is 4.59. The third kappa shape index (κ3) is 3.33. The summed E-state index contributed by atoms with van der Waals surface area (Å²) in [4.78, 5) is 17.6. The molecule has 0 aromatic carbocycles. The molecule has 0 atom stereocenters. The van der Waals surface area contributed by atoms with E-state index in [2.05, 4.69) is 4.98 Å². The van der Waals surface area contributed by atoms with E-state index in [9.17, 15) is 18.0 Å². The van der Waals surface area contributed by atoms with Crippen molar-refractivity contribution in [3.63, 3.8) is 0 Å². The van der Waals surface area contributed by atoms with Crippen molar-refractivity contribution < 1.29 is 18.0 Å². The number of Topliss-reactive ketones (excluding diaryl/α,β-unsaturated/α-hetero) is 1. The molecule has 0 bridgehead atoms. The normalized spacial score (nSPS) is 13.1. The van der Waals surface area contributed by atoms with Crippen LogP contribution in [0.1, 0.15) is 42.4 Å². The first-order valence-corrected chi connectivity index (χ1v) is 6.79. The molecule has 1 aromatic heterocycles. The van der Waals surface area contributed by atoms with Gasteiger partial charge in [0, 0.05) is 6.20 Å². The van der Waals surface area contributed by atoms with E-state index >= 15 is 0 Å². The largest absolute Gasteiger partial charge is 0.443 e. The minimum atomic E-state index is -4.50. The van der Waals surface area contributed by atoms with Crippen LogP contribution in [-0.2, 0) is 6.18 Å². The van der Waals surface area contributed by atoms with E-state index in [1.54, 1.807) is 13.8 Å². The van der Waals surface area contributed by atoms with Crippen LogP contribution in [0.4, 0.5) is 13.2 Å². The Bertz CT molecular complexity index is 450. The number of nitrogens with zero attached hydrogens (tertiary/aromatic N) is 2. The molecule has 19 heavy (non-hydrogen) atoms. The highest BCUT2D eigenvalue weighted by Crippen LogP contribution is 2.34. The van der Waals surface area contributed by atoms with Gasteiger partial charge in [-0.15, -0.1) is 11.3 Å². The fourth-order valence-corrected chi connectivity index (χ4v) is 2.85. The number of hydrogen-bond acceptors (Lipinski definition) is 4. The van der Waals surface area contributed by atoms with Gasteiger partial charge >= 0.3 is 6.18 Å². The summed E-state index contributed by atoms with van der Waals surface area (Å²) in [5, 5.41) is -0.980. The fraction of sp³-hybridized carbons (Fsp3) is 0.667. The molecule has 0 saturated heterocycles. The number of carbonyl (C=O) groups excluding carboxylic acids is 1. The van der Waals surface area contributed by atoms with E-state index in [0.29, 0.717) is 24.4 Å². The van der Waals surface area contributed by atoms with Gasteiger partial charge in [0.1, 0.15) is 0 Å². The average molecular weight is 294 g/mol. The zero-order valence-electron chi connectivity index (χ0n) is 11.3. The number of aromatic nitrogens is 1. The van der Waals surface area contributed by atoms with Gasteiger partial charge in [0.2, 0.25) is 0 Å². The van der Waals surface area contributed by atoms with E-state index in [0.717, 1.165) is 6.20 Å². The molecule has 7 heteroatoms. The molecule has 1 heterocycles. The van der Waals surface area contributed by atoms with Crippen molar-refractivity contribution in [1.29, 1.82) is 0 Å². The van der Waals surface area contributed by atoms with E-state index in [-0.39, 0.29) is 10.7 Å². The molecule has 0 saturated carbocycles. The monoisotopic (exact) mass is 294 g/mol. The molecule has 1 aromatic rings. The van der Waals surface area contributed by atoms with Gasteiger partial charge in [0.15, 0.2) is 10.8 Å². The van der Waals surface area contributed by atoms with E-state index in [4.69, 9.17) is 0 Å². The molecule has 0 aliphatic carbocycles. The van der Waals surface area contributed by atoms with Crippen LogP contribution >= 0.6 is 11.3 Å². The Morgan fingerprint density at radius 1 is 1.32 bits per heavy atom. The molecule has 1 rings (SSSR count). The summed E-state index contributed by atoms with van der Waals surface area (Å²) in [7, 11) is 0. The first-order chi connectivity index (χ1) is 8.64. The second-order valence-corrected chi connectivity index (χ2v) is 5.62. The van der Waals surface area contributed by atoms with Crippen molar-refractivity contribution in [1.82, 2.24) is 9.88 Å². The first kappa shape index (κ1) is 16.1. The summed E-state index contributed by atoms with van der Waals surface area (Å²) in [5.41, 5.74) is -0.834. The lowest BCUT2D eigenvalue weighted by molar-refractivity contribution is -0.137. The topological polar surface area (TPSA) is 33.2 Å². The predicted octanol–water partition coefficient (Wildman–Crippen LogP) is 3.47. The van der Waals surface area contributed by atoms with Crippen molar-refractivity contribution in [2.24, 2.45) is 0 Å². The highest BCUT2D eigenvalue weighted by molar-refractivity contribution is 7.13. The Balaban J connectivity index is 3.03. The van der Waals surface area contributed by atoms with Crippen LogP contribution in [0.3, 0.4) is 0 Å². The zero-order valence-corrected chi connectivity index (χ0v) is 12.2. The smallest absolute Gasteiger partial charge is 0.292 e. The van der Waals surface area contributed by atoms with Crippen molar-refractivity contribution in [2.75, 3.05) is 13.1 Å². The second kappa shape index (κ2) is 5.58. The van der Waals surface area contributed by atoms with Gasteiger partial charge in [-0.2, -0.15) is 13.2 Å². The summed E-state index contributed by atoms with van der Waals surface area (Å²) in [6.45, 7) is 8.56. The van der Waals surface area contributed by atoms with Gasteiger partial charge in [-0.05, 0) is 26.9 Å². The summed E-state index contributed by atoms with van der Waals surface area (Å²) in [5.74, 6) is -0.329. The molecule has 0 amide bonds. The molecular formula is C12H17F3N2OS. The van der Waals surface area contributed by atoms with Crippen LogP contribution in [0.25, 0.3) is 0 Å². The molecule has 0 aliphatic heterocycles. The molecule has 0 radical (unpaired) electrons. The Kier molecular flexibility index (Phi) is 4.73. The molecule has 0 fully saturated rings. The third-order valence-corrected chi connectivity index (χ3v) is 4.12. The third-order valence-electron chi connectivity index (χ3n) is 3.08. The van der Waals surface area contributed by atoms with E-state index in [1.165, 1.54) is 0 Å². The highest BCUT2D eigenvalue weighted by atomic mass is 32.1. The number of hydrogen-bond donors (Lipinski definition) is 0. The lowest BCUT2D eigenvalue weighted by Crippen LogP contribution is -2.49. The van der Waals surface area contributed by atoms with Gasteiger partial charge in [0.25, 0.3) is 0 Å². The number of carbonyl (C=O) groups is 1. The SMILES string of the molecule is CCN(CC)C(C)(C)C(=O)c1cnc(C(F)(F)F)s1. The van der Waals surface area contributed by atoms with E-state index < -0.39 is 16.7 Å². The highest BCUT2D eigenvalue weighted by Gasteiger charge is 2.38. The van der Waals surface area contributed by atoms with Gasteiger partial charge in [-0.3, -0.25) is 9.69 Å². The van der Waals surface area contributed by atoms with Crippen LogP contribution in [0.2, 0.25) is 0 Å². The predicted molar refractivity (Wildman–Crippen MR) is 68.4 cm³/mol. The van der Waals surface area contributed by atoms with Crippen molar-refractivity contribution in [3.05, 3.63) is 16.1 Å². The Labute approximate surface area is 114 Å². The minimum absolute atomic E-state index is 0.0456. The summed E-state index contributed by atoms with van der Waals surface area (Å²) >= 11 is 0.401. The average Bonchev–Trinajstić information content (AvgIpc) is 2.77. The van der Waals surface area contributed by atoms with Crippen molar-refractivity contribution in [3.8, 4) is 0 Å². The minimum Gasteiger partial charge on any atom is -0.292 e. The number of thiazole rings is 1. The standard InChI is InChI=1S/C12H17F3N2OS/c1-5-17(6-2)11(3,4)9(18)8-7-16-10(19-8)12(13,14)15/h7H,5-6H2,1-4H3. The molecular weight excluding hydrogens is 277 g/mol. The van der Waals surface area contributed by atoms with Crippen LogP contribution < -0.4 is 0 Å². The Hall–Kier alpha value is -0.950. The number of ketones is 1. The van der Waals surface area contributed by atoms with Crippen molar-refractivity contribution in [2.45, 2.75) is 39.4 Å². The maximum atomic E-state index is 12.5. The first-order valence-electron chi connectivity index (χ1n) is 5.97. The lowest BCUT2D eigenvalue weighted by Gasteiger charge is -2.35. The molecule has 0 unspecified atom stereocenters. The van der Waals surface area contributed by atoms with Gasteiger partial charge < -0.3 is 0 Å². The number of halogens is 3. The quantitative estimate of drug-likeness (QED) is 0.780. The van der Waals surface area contributed by atoms with E-state index in [1.807, 2.05) is 18.7 Å². The zero-order chi connectivity index (χ0) is 14.8. The van der Waals surface area contributed by atoms with Crippen LogP contribution in [-0.4, -0.2) is 34.3 Å². The number of alkyl halides is 3. The van der Waals surface area contributed by atoms with Gasteiger partial charge in [-0.25, -0.2) is 4.98 Å². The maximum absolute atomic E-state index is 12.5. The Morgan fingerprint density at radius 2 is 1.84 bits per heavy atom. The summed E-state index contributed by atoms with van der Waals surface area (Å²) < 4.78 is 37.4. The van der Waals surface area contributed by atoms with Gasteiger partial charge in [0.05, 0.1) is 10.4 Å². The van der Waals surface area contributed by atoms with Crippen LogP contribution in [0, 0.1) is 0 Å². The fourth-order valence-electron chi connectivity index (χ4n) is 1.97. The molecule has 3 nitrogen and oxygen atoms in total. The Morgan fingerprint density at radius 3 is 2.21 bits per heavy atom. The van der Waals surface area contributed by atoms with Gasteiger partial charge in [-0.1, -0.05) is 13.8 Å². The maximum Gasteiger partial charge on any atom is 0.443 e. The van der Waals surface area contributed by atoms with Crippen molar-refractivity contribution >= 4 is 17.1 Å². The number of rotatable bonds is 5. The molecule has 0 N–H and O–H groups in total. The summed E-state index contributed by atoms with van der Waals surface area (Å²) in [6, 6.07) is 0. The number of likely N-dealkylation sites (N-methyl/N-ethyl adjacent to an activating group) is 1. The molecule has 0 aliphatic rings.